The Balaban J connectivity index is 1.59. The third-order valence-electron chi connectivity index (χ3n) is 5.85. The SMILES string of the molecule is Cn1cc(-c2cn3nccc3c(-c3cnn(C4(CC#N)CC(C)(C#N)C4)c3)n2)cn1. The second-order valence-electron chi connectivity index (χ2n) is 8.30. The predicted molar refractivity (Wildman–Crippen MR) is 108 cm³/mol. The second-order valence-corrected chi connectivity index (χ2v) is 8.30. The molecule has 0 bridgehead atoms. The minimum absolute atomic E-state index is 0.316. The summed E-state index contributed by atoms with van der Waals surface area (Å²) in [5.74, 6) is 0. The van der Waals surface area contributed by atoms with Crippen LogP contribution in [0.5, 0.6) is 0 Å². The molecule has 1 saturated carbocycles. The summed E-state index contributed by atoms with van der Waals surface area (Å²) < 4.78 is 5.37. The van der Waals surface area contributed by atoms with E-state index in [1.807, 2.05) is 43.3 Å². The molecule has 4 aromatic rings. The molecule has 0 amide bonds. The monoisotopic (exact) mass is 397 g/mol. The van der Waals surface area contributed by atoms with E-state index in [0.29, 0.717) is 19.3 Å². The molecule has 0 aliphatic heterocycles. The van der Waals surface area contributed by atoms with Crippen LogP contribution in [-0.2, 0) is 12.6 Å². The minimum atomic E-state index is -0.449. The average molecular weight is 397 g/mol. The molecule has 0 saturated heterocycles. The van der Waals surface area contributed by atoms with Crippen molar-refractivity contribution in [2.75, 3.05) is 0 Å². The van der Waals surface area contributed by atoms with Gasteiger partial charge in [-0.15, -0.1) is 0 Å². The Morgan fingerprint density at radius 3 is 2.57 bits per heavy atom. The Kier molecular flexibility index (Phi) is 3.77. The fourth-order valence-electron chi connectivity index (χ4n) is 4.53. The zero-order valence-corrected chi connectivity index (χ0v) is 16.7. The van der Waals surface area contributed by atoms with E-state index in [1.165, 1.54) is 0 Å². The van der Waals surface area contributed by atoms with E-state index in [1.54, 1.807) is 27.8 Å². The maximum Gasteiger partial charge on any atom is 0.0999 e. The molecule has 1 aliphatic carbocycles. The van der Waals surface area contributed by atoms with Crippen molar-refractivity contribution in [3.8, 4) is 34.7 Å². The van der Waals surface area contributed by atoms with Gasteiger partial charge in [-0.2, -0.15) is 25.8 Å². The maximum atomic E-state index is 9.42. The molecule has 0 N–H and O–H groups in total. The third-order valence-corrected chi connectivity index (χ3v) is 5.85. The number of hydrogen-bond acceptors (Lipinski definition) is 6. The van der Waals surface area contributed by atoms with E-state index < -0.39 is 11.0 Å². The Morgan fingerprint density at radius 1 is 1.07 bits per heavy atom. The van der Waals surface area contributed by atoms with Gasteiger partial charge >= 0.3 is 0 Å². The summed E-state index contributed by atoms with van der Waals surface area (Å²) in [6.45, 7) is 1.93. The van der Waals surface area contributed by atoms with Crippen LogP contribution in [0.4, 0.5) is 0 Å². The highest BCUT2D eigenvalue weighted by Gasteiger charge is 2.54. The highest BCUT2D eigenvalue weighted by molar-refractivity contribution is 5.78. The van der Waals surface area contributed by atoms with Gasteiger partial charge in [0.2, 0.25) is 0 Å². The normalized spacial score (nSPS) is 23.1. The van der Waals surface area contributed by atoms with E-state index in [-0.39, 0.29) is 0 Å². The largest absolute Gasteiger partial charge is 0.275 e. The van der Waals surface area contributed by atoms with Crippen molar-refractivity contribution < 1.29 is 0 Å². The van der Waals surface area contributed by atoms with Crippen molar-refractivity contribution in [2.24, 2.45) is 12.5 Å². The number of nitriles is 2. The molecule has 4 aromatic heterocycles. The number of rotatable bonds is 4. The molecule has 30 heavy (non-hydrogen) atoms. The summed E-state index contributed by atoms with van der Waals surface area (Å²) in [6.07, 6.45) is 12.5. The molecule has 9 nitrogen and oxygen atoms in total. The molecule has 1 aliphatic rings. The van der Waals surface area contributed by atoms with Gasteiger partial charge in [0.15, 0.2) is 0 Å². The molecule has 5 rings (SSSR count). The summed E-state index contributed by atoms with van der Waals surface area (Å²) >= 11 is 0. The summed E-state index contributed by atoms with van der Waals surface area (Å²) in [4.78, 5) is 4.87. The molecule has 0 aromatic carbocycles. The van der Waals surface area contributed by atoms with E-state index in [9.17, 15) is 10.5 Å². The first-order chi connectivity index (χ1) is 14.5. The van der Waals surface area contributed by atoms with Gasteiger partial charge in [0.25, 0.3) is 0 Å². The van der Waals surface area contributed by atoms with Crippen molar-refractivity contribution >= 4 is 5.52 Å². The molecule has 1 fully saturated rings. The molecular weight excluding hydrogens is 378 g/mol. The maximum absolute atomic E-state index is 9.42. The van der Waals surface area contributed by atoms with Crippen LogP contribution in [0.2, 0.25) is 0 Å². The Hall–Kier alpha value is -3.98. The zero-order valence-electron chi connectivity index (χ0n) is 16.7. The van der Waals surface area contributed by atoms with Gasteiger partial charge in [0.05, 0.1) is 71.2 Å². The van der Waals surface area contributed by atoms with Crippen LogP contribution in [-0.4, -0.2) is 34.2 Å². The first-order valence-electron chi connectivity index (χ1n) is 9.62. The highest BCUT2D eigenvalue weighted by atomic mass is 15.3. The molecule has 9 heteroatoms. The van der Waals surface area contributed by atoms with Crippen LogP contribution in [0.1, 0.15) is 26.2 Å². The summed E-state index contributed by atoms with van der Waals surface area (Å²) in [7, 11) is 1.86. The number of nitrogens with zero attached hydrogens (tertiary/aromatic N) is 9. The van der Waals surface area contributed by atoms with Gasteiger partial charge in [-0.3, -0.25) is 9.36 Å². The van der Waals surface area contributed by atoms with Crippen LogP contribution in [0.25, 0.3) is 28.0 Å². The summed E-state index contributed by atoms with van der Waals surface area (Å²) in [5, 5.41) is 32.0. The molecule has 0 spiro atoms. The van der Waals surface area contributed by atoms with Crippen molar-refractivity contribution in [3.63, 3.8) is 0 Å². The lowest BCUT2D eigenvalue weighted by Crippen LogP contribution is -2.51. The third kappa shape index (κ3) is 2.67. The van der Waals surface area contributed by atoms with Gasteiger partial charge in [-0.1, -0.05) is 0 Å². The molecule has 4 heterocycles. The Morgan fingerprint density at radius 2 is 1.87 bits per heavy atom. The van der Waals surface area contributed by atoms with E-state index in [4.69, 9.17) is 4.98 Å². The fourth-order valence-corrected chi connectivity index (χ4v) is 4.53. The quantitative estimate of drug-likeness (QED) is 0.523. The molecule has 0 unspecified atom stereocenters. The van der Waals surface area contributed by atoms with Crippen molar-refractivity contribution in [3.05, 3.63) is 43.2 Å². The average Bonchev–Trinajstić information content (AvgIpc) is 3.46. The van der Waals surface area contributed by atoms with Crippen LogP contribution < -0.4 is 0 Å². The first-order valence-corrected chi connectivity index (χ1v) is 9.62. The van der Waals surface area contributed by atoms with Crippen molar-refractivity contribution in [2.45, 2.75) is 31.7 Å². The van der Waals surface area contributed by atoms with Crippen LogP contribution in [0.3, 0.4) is 0 Å². The topological polar surface area (TPSA) is 113 Å². The van der Waals surface area contributed by atoms with E-state index >= 15 is 0 Å². The van der Waals surface area contributed by atoms with Crippen LogP contribution in [0, 0.1) is 28.1 Å². The number of aromatic nitrogens is 7. The lowest BCUT2D eigenvalue weighted by Gasteiger charge is -2.50. The van der Waals surface area contributed by atoms with Gasteiger partial charge < -0.3 is 0 Å². The van der Waals surface area contributed by atoms with Gasteiger partial charge in [-0.25, -0.2) is 9.50 Å². The summed E-state index contributed by atoms with van der Waals surface area (Å²) in [6, 6.07) is 6.54. The standard InChI is InChI=1S/C21H19N9/c1-20(14-23)12-21(13-20,4-5-22)30-10-16(8-26-30)19-18-3-6-24-29(18)11-17(27-19)15-7-25-28(2)9-15/h3,6-11H,4,12-13H2,1-2H3. The van der Waals surface area contributed by atoms with Gasteiger partial charge in [0, 0.05) is 30.6 Å². The van der Waals surface area contributed by atoms with Crippen molar-refractivity contribution in [1.29, 1.82) is 10.5 Å². The number of aryl methyl sites for hydroxylation is 1. The minimum Gasteiger partial charge on any atom is -0.275 e. The molecule has 0 atom stereocenters. The summed E-state index contributed by atoms with van der Waals surface area (Å²) in [5.41, 5.74) is 3.26. The van der Waals surface area contributed by atoms with Crippen molar-refractivity contribution in [1.82, 2.24) is 34.2 Å². The van der Waals surface area contributed by atoms with E-state index in [0.717, 1.165) is 28.0 Å². The van der Waals surface area contributed by atoms with Crippen LogP contribution in [0.15, 0.2) is 43.2 Å². The number of fused-ring (bicyclic) bond motifs is 1. The molecular formula is C21H19N9. The predicted octanol–water partition coefficient (Wildman–Crippen LogP) is 2.93. The molecule has 0 radical (unpaired) electrons. The molecule has 148 valence electrons. The highest BCUT2D eigenvalue weighted by Crippen LogP contribution is 2.54. The Labute approximate surface area is 172 Å². The zero-order chi connectivity index (χ0) is 20.9. The van der Waals surface area contributed by atoms with Gasteiger partial charge in [-0.05, 0) is 25.8 Å². The second kappa shape index (κ2) is 6.26. The lowest BCUT2D eigenvalue weighted by atomic mass is 9.58. The van der Waals surface area contributed by atoms with Crippen LogP contribution >= 0.6 is 0 Å². The smallest absolute Gasteiger partial charge is 0.0999 e. The number of hydrogen-bond donors (Lipinski definition) is 0. The fraction of sp³-hybridized carbons (Fsp3) is 0.333. The Bertz CT molecular complexity index is 1330. The van der Waals surface area contributed by atoms with E-state index in [2.05, 4.69) is 27.4 Å². The van der Waals surface area contributed by atoms with Gasteiger partial charge in [0.1, 0.15) is 0 Å². The lowest BCUT2D eigenvalue weighted by molar-refractivity contribution is 0.0198. The first kappa shape index (κ1) is 18.1.